The zero-order chi connectivity index (χ0) is 18.4. The smallest absolute Gasteiger partial charge is 0.244 e. The molecule has 1 amide bonds. The molecule has 1 aromatic rings. The van der Waals surface area contributed by atoms with Gasteiger partial charge in [-0.05, 0) is 43.0 Å². The lowest BCUT2D eigenvalue weighted by Crippen LogP contribution is -2.37. The number of hydrogen-bond donors (Lipinski definition) is 0. The molecule has 0 saturated carbocycles. The van der Waals surface area contributed by atoms with Gasteiger partial charge in [-0.2, -0.15) is 4.31 Å². The molecule has 0 radical (unpaired) electrons. The van der Waals surface area contributed by atoms with E-state index in [0.29, 0.717) is 19.0 Å². The van der Waals surface area contributed by atoms with Crippen LogP contribution in [0.3, 0.4) is 0 Å². The van der Waals surface area contributed by atoms with Crippen LogP contribution in [0.2, 0.25) is 0 Å². The second-order valence-electron chi connectivity index (χ2n) is 6.86. The van der Waals surface area contributed by atoms with E-state index in [1.54, 1.807) is 6.92 Å². The first-order valence-corrected chi connectivity index (χ1v) is 11.3. The number of anilines is 1. The van der Waals surface area contributed by atoms with Crippen molar-refractivity contribution in [2.24, 2.45) is 11.8 Å². The topological polar surface area (TPSA) is 91.8 Å². The molecule has 25 heavy (non-hydrogen) atoms. The molecule has 2 fully saturated rings. The summed E-state index contributed by atoms with van der Waals surface area (Å²) in [5, 5.41) is 0. The molecule has 2 aliphatic rings. The van der Waals surface area contributed by atoms with E-state index in [-0.39, 0.29) is 16.3 Å². The Kier molecular flexibility index (Phi) is 4.67. The Hall–Kier alpha value is -1.45. The first-order chi connectivity index (χ1) is 11.6. The molecule has 0 spiro atoms. The first kappa shape index (κ1) is 18.3. The Morgan fingerprint density at radius 3 is 2.08 bits per heavy atom. The maximum absolute atomic E-state index is 12.7. The zero-order valence-electron chi connectivity index (χ0n) is 14.3. The molecule has 3 rings (SSSR count). The molecule has 2 saturated heterocycles. The Morgan fingerprint density at radius 1 is 1.04 bits per heavy atom. The number of amides is 1. The van der Waals surface area contributed by atoms with Crippen LogP contribution in [0, 0.1) is 11.8 Å². The summed E-state index contributed by atoms with van der Waals surface area (Å²) in [5.41, 5.74) is 0.181. The normalized spacial score (nSPS) is 25.4. The van der Waals surface area contributed by atoms with E-state index >= 15 is 0 Å². The third kappa shape index (κ3) is 3.32. The van der Waals surface area contributed by atoms with Crippen LogP contribution in [-0.4, -0.2) is 45.9 Å². The van der Waals surface area contributed by atoms with Gasteiger partial charge in [0.1, 0.15) is 0 Å². The van der Waals surface area contributed by atoms with Gasteiger partial charge in [0.15, 0.2) is 0 Å². The van der Waals surface area contributed by atoms with Crippen LogP contribution in [-0.2, 0) is 24.8 Å². The highest BCUT2D eigenvalue weighted by molar-refractivity contribution is 7.94. The summed E-state index contributed by atoms with van der Waals surface area (Å²) in [5.74, 6) is -0.788. The summed E-state index contributed by atoms with van der Waals surface area (Å²) in [6.45, 7) is 4.65. The van der Waals surface area contributed by atoms with Gasteiger partial charge in [-0.3, -0.25) is 4.79 Å². The van der Waals surface area contributed by atoms with Crippen molar-refractivity contribution < 1.29 is 21.6 Å². The summed E-state index contributed by atoms with van der Waals surface area (Å²) in [4.78, 5) is 12.2. The van der Waals surface area contributed by atoms with Crippen molar-refractivity contribution in [2.45, 2.75) is 31.6 Å². The second-order valence-corrected chi connectivity index (χ2v) is 10.7. The van der Waals surface area contributed by atoms with Crippen LogP contribution < -0.4 is 4.31 Å². The van der Waals surface area contributed by atoms with E-state index in [0.717, 1.165) is 17.1 Å². The Labute approximate surface area is 148 Å². The van der Waals surface area contributed by atoms with Gasteiger partial charge in [-0.25, -0.2) is 21.1 Å². The maximum atomic E-state index is 12.7. The van der Waals surface area contributed by atoms with Gasteiger partial charge in [0.2, 0.25) is 26.0 Å². The van der Waals surface area contributed by atoms with Gasteiger partial charge >= 0.3 is 0 Å². The monoisotopic (exact) mass is 386 g/mol. The fourth-order valence-electron chi connectivity index (χ4n) is 3.21. The maximum Gasteiger partial charge on any atom is 0.244 e. The van der Waals surface area contributed by atoms with Crippen LogP contribution in [0.1, 0.15) is 26.7 Å². The summed E-state index contributed by atoms with van der Waals surface area (Å²) >= 11 is 0. The molecule has 0 N–H and O–H groups in total. The third-order valence-corrected chi connectivity index (χ3v) is 8.59. The summed E-state index contributed by atoms with van der Waals surface area (Å²) < 4.78 is 51.9. The van der Waals surface area contributed by atoms with Crippen molar-refractivity contribution in [1.82, 2.24) is 4.31 Å². The van der Waals surface area contributed by atoms with E-state index in [1.165, 1.54) is 28.6 Å². The number of sulfonamides is 2. The van der Waals surface area contributed by atoms with Crippen LogP contribution in [0.4, 0.5) is 5.69 Å². The van der Waals surface area contributed by atoms with Gasteiger partial charge in [-0.15, -0.1) is 0 Å². The number of carbonyl (C=O) groups excluding carboxylic acids is 1. The molecule has 7 nitrogen and oxygen atoms in total. The molecular weight excluding hydrogens is 364 g/mol. The number of benzene rings is 1. The highest BCUT2D eigenvalue weighted by Crippen LogP contribution is 2.30. The van der Waals surface area contributed by atoms with Crippen molar-refractivity contribution in [1.29, 1.82) is 0 Å². The van der Waals surface area contributed by atoms with E-state index in [2.05, 4.69) is 6.92 Å². The average molecular weight is 386 g/mol. The lowest BCUT2D eigenvalue weighted by molar-refractivity contribution is -0.119. The van der Waals surface area contributed by atoms with Gasteiger partial charge in [0.25, 0.3) is 0 Å². The van der Waals surface area contributed by atoms with Gasteiger partial charge in [0.05, 0.1) is 22.3 Å². The van der Waals surface area contributed by atoms with E-state index in [9.17, 15) is 21.6 Å². The third-order valence-electron chi connectivity index (χ3n) is 4.81. The van der Waals surface area contributed by atoms with E-state index in [1.807, 2.05) is 0 Å². The Morgan fingerprint density at radius 2 is 1.60 bits per heavy atom. The van der Waals surface area contributed by atoms with Gasteiger partial charge < -0.3 is 0 Å². The van der Waals surface area contributed by atoms with Gasteiger partial charge in [0, 0.05) is 13.1 Å². The fourth-order valence-corrected chi connectivity index (χ4v) is 6.50. The minimum absolute atomic E-state index is 0.114. The number of carbonyl (C=O) groups is 1. The number of nitrogens with zero attached hydrogens (tertiary/aromatic N) is 2. The van der Waals surface area contributed by atoms with Crippen molar-refractivity contribution in [3.8, 4) is 0 Å². The summed E-state index contributed by atoms with van der Waals surface area (Å²) in [7, 11) is -7.29. The molecule has 1 aromatic carbocycles. The van der Waals surface area contributed by atoms with Crippen LogP contribution >= 0.6 is 0 Å². The lowest BCUT2D eigenvalue weighted by Gasteiger charge is -2.29. The minimum Gasteiger partial charge on any atom is -0.273 e. The molecule has 138 valence electrons. The largest absolute Gasteiger partial charge is 0.273 e. The lowest BCUT2D eigenvalue weighted by atomic mass is 10.0. The standard InChI is InChI=1S/C16H22N2O5S2/c1-12-7-9-17(10-8-12)25(22,23)15-5-3-14(4-6-15)18-16(19)13(2)11-24(18,20)21/h3-6,12-13H,7-11H2,1-2H3. The van der Waals surface area contributed by atoms with Crippen LogP contribution in [0.5, 0.6) is 0 Å². The average Bonchev–Trinajstić information content (AvgIpc) is 2.75. The molecule has 2 aliphatic heterocycles. The number of hydrogen-bond acceptors (Lipinski definition) is 5. The summed E-state index contributed by atoms with van der Waals surface area (Å²) in [6.07, 6.45) is 1.66. The molecule has 0 aliphatic carbocycles. The number of piperidine rings is 1. The highest BCUT2D eigenvalue weighted by Gasteiger charge is 2.42. The SMILES string of the molecule is CC1CCN(S(=O)(=O)c2ccc(N3C(=O)C(C)CS3(=O)=O)cc2)CC1. The molecule has 2 heterocycles. The molecule has 1 atom stereocenters. The second kappa shape index (κ2) is 6.37. The highest BCUT2D eigenvalue weighted by atomic mass is 32.2. The predicted molar refractivity (Wildman–Crippen MR) is 94.0 cm³/mol. The van der Waals surface area contributed by atoms with Crippen molar-refractivity contribution >= 4 is 31.6 Å². The minimum atomic E-state index is -3.69. The van der Waals surface area contributed by atoms with Crippen LogP contribution in [0.25, 0.3) is 0 Å². The predicted octanol–water partition coefficient (Wildman–Crippen LogP) is 1.42. The quantitative estimate of drug-likeness (QED) is 0.783. The Balaban J connectivity index is 1.87. The van der Waals surface area contributed by atoms with E-state index < -0.39 is 31.9 Å². The van der Waals surface area contributed by atoms with Crippen molar-refractivity contribution in [3.05, 3.63) is 24.3 Å². The van der Waals surface area contributed by atoms with Crippen LogP contribution in [0.15, 0.2) is 29.2 Å². The molecule has 0 aromatic heterocycles. The van der Waals surface area contributed by atoms with Crippen molar-refractivity contribution in [3.63, 3.8) is 0 Å². The fraction of sp³-hybridized carbons (Fsp3) is 0.562. The Bertz CT molecular complexity index is 870. The van der Waals surface area contributed by atoms with Crippen molar-refractivity contribution in [2.75, 3.05) is 23.1 Å². The zero-order valence-corrected chi connectivity index (χ0v) is 15.9. The van der Waals surface area contributed by atoms with E-state index in [4.69, 9.17) is 0 Å². The van der Waals surface area contributed by atoms with Gasteiger partial charge in [-0.1, -0.05) is 13.8 Å². The number of rotatable bonds is 3. The summed E-state index contributed by atoms with van der Waals surface area (Å²) in [6, 6.07) is 5.50. The molecule has 0 bridgehead atoms. The molecular formula is C16H22N2O5S2. The molecule has 9 heteroatoms. The first-order valence-electron chi connectivity index (χ1n) is 8.30. The molecule has 1 unspecified atom stereocenters.